The number of rotatable bonds is 22. The largest absolute Gasteiger partial charge is 0.497 e. The van der Waals surface area contributed by atoms with Crippen molar-refractivity contribution in [1.82, 2.24) is 25.4 Å². The van der Waals surface area contributed by atoms with Crippen molar-refractivity contribution in [3.05, 3.63) is 130 Å². The Morgan fingerprint density at radius 1 is 0.783 bits per heavy atom. The second-order valence-electron chi connectivity index (χ2n) is 13.7. The second kappa shape index (κ2) is 21.9. The van der Waals surface area contributed by atoms with Crippen LogP contribution in [0.3, 0.4) is 0 Å². The number of halogens is 1. The molecule has 1 aromatic heterocycles. The fraction of sp³-hybridized carbons (Fsp3) is 0.333. The third kappa shape index (κ3) is 11.8. The summed E-state index contributed by atoms with van der Waals surface area (Å²) in [5.74, 6) is 3.49. The van der Waals surface area contributed by atoms with Crippen LogP contribution in [-0.2, 0) is 25.5 Å². The van der Waals surface area contributed by atoms with Crippen LogP contribution in [0, 0.1) is 13.3 Å². The SMILES string of the molecule is COc1ccc2c(c1)C(c1ccc(Cl)cc1)=N[C@@H](CC(=O)NCCOCCOCCNC(=O)COc1cccc([CH]CCc3ccc(OC)c(OC)c3)c1)c1nnc(C)n1-2. The average Bonchev–Trinajstić information content (AvgIpc) is 3.59. The summed E-state index contributed by atoms with van der Waals surface area (Å²) in [5, 5.41) is 15.1. The molecule has 5 aromatic rings. The predicted molar refractivity (Wildman–Crippen MR) is 228 cm³/mol. The van der Waals surface area contributed by atoms with Gasteiger partial charge in [0.25, 0.3) is 5.91 Å². The Labute approximate surface area is 355 Å². The molecule has 1 atom stereocenters. The van der Waals surface area contributed by atoms with E-state index in [1.165, 1.54) is 0 Å². The van der Waals surface area contributed by atoms with Gasteiger partial charge in [0.1, 0.15) is 23.4 Å². The lowest BCUT2D eigenvalue weighted by Crippen LogP contribution is -2.32. The van der Waals surface area contributed by atoms with Crippen molar-refractivity contribution in [2.45, 2.75) is 32.2 Å². The Morgan fingerprint density at radius 3 is 2.27 bits per heavy atom. The zero-order valence-electron chi connectivity index (χ0n) is 34.2. The third-order valence-electron chi connectivity index (χ3n) is 9.63. The molecule has 1 aliphatic rings. The summed E-state index contributed by atoms with van der Waals surface area (Å²) in [6.45, 7) is 3.67. The van der Waals surface area contributed by atoms with Gasteiger partial charge in [-0.15, -0.1) is 10.2 Å². The van der Waals surface area contributed by atoms with E-state index in [0.717, 1.165) is 40.8 Å². The van der Waals surface area contributed by atoms with Gasteiger partial charge in [-0.25, -0.2) is 0 Å². The first kappa shape index (κ1) is 43.6. The molecule has 2 heterocycles. The minimum atomic E-state index is -0.612. The average molecular weight is 838 g/mol. The fourth-order valence-electron chi connectivity index (χ4n) is 6.64. The van der Waals surface area contributed by atoms with E-state index in [2.05, 4.69) is 27.3 Å². The highest BCUT2D eigenvalue weighted by Crippen LogP contribution is 2.34. The number of amides is 2. The van der Waals surface area contributed by atoms with Crippen LogP contribution in [0.2, 0.25) is 5.02 Å². The van der Waals surface area contributed by atoms with Crippen molar-refractivity contribution in [2.24, 2.45) is 4.99 Å². The third-order valence-corrected chi connectivity index (χ3v) is 9.88. The topological polar surface area (TPSA) is 157 Å². The van der Waals surface area contributed by atoms with E-state index in [-0.39, 0.29) is 24.8 Å². The molecule has 4 aromatic carbocycles. The van der Waals surface area contributed by atoms with Gasteiger partial charge in [-0.05, 0) is 91.9 Å². The summed E-state index contributed by atoms with van der Waals surface area (Å²) in [5.41, 5.74) is 5.35. The maximum absolute atomic E-state index is 13.2. The second-order valence-corrected chi connectivity index (χ2v) is 14.2. The van der Waals surface area contributed by atoms with Crippen LogP contribution in [0.15, 0.2) is 89.9 Å². The van der Waals surface area contributed by atoms with Crippen molar-refractivity contribution in [3.63, 3.8) is 0 Å². The molecule has 15 heteroatoms. The number of hydrogen-bond donors (Lipinski definition) is 2. The molecule has 14 nitrogen and oxygen atoms in total. The lowest BCUT2D eigenvalue weighted by molar-refractivity contribution is -0.123. The van der Waals surface area contributed by atoms with Gasteiger partial charge in [0.15, 0.2) is 23.9 Å². The summed E-state index contributed by atoms with van der Waals surface area (Å²) in [6.07, 6.45) is 3.84. The molecule has 2 N–H and O–H groups in total. The zero-order valence-corrected chi connectivity index (χ0v) is 35.0. The number of nitrogens with zero attached hydrogens (tertiary/aromatic N) is 4. The zero-order chi connectivity index (χ0) is 42.3. The number of aliphatic imine (C=N–C) groups is 1. The number of ether oxygens (including phenoxy) is 6. The van der Waals surface area contributed by atoms with E-state index >= 15 is 0 Å². The lowest BCUT2D eigenvalue weighted by atomic mass is 10.00. The molecule has 0 bridgehead atoms. The van der Waals surface area contributed by atoms with Crippen LogP contribution in [0.4, 0.5) is 0 Å². The van der Waals surface area contributed by atoms with Crippen molar-refractivity contribution < 1.29 is 38.0 Å². The number of carbonyl (C=O) groups is 2. The molecule has 2 amide bonds. The number of aryl methyl sites for hydroxylation is 2. The standard InChI is InChI=1S/C45H50ClN6O8/c1-30-50-51-45-38(49-44(33-12-14-34(46)15-13-33)37-27-35(55-2)16-17-39(37)52(30)45)28-42(53)47-19-21-58-23-24-59-22-20-48-43(54)29-60-36-10-6-9-31(25-36)7-5-8-32-11-18-40(56-3)41(26-32)57-4/h6-7,9-18,25-27,38H,5,8,19-24,28-29H2,1-4H3,(H,47,53)(H,48,54)/t38-/m0/s1. The number of aromatic nitrogens is 3. The number of nitrogens with one attached hydrogen (secondary N) is 2. The van der Waals surface area contributed by atoms with Crippen LogP contribution in [0.25, 0.3) is 5.69 Å². The minimum Gasteiger partial charge on any atom is -0.497 e. The normalized spacial score (nSPS) is 13.0. The summed E-state index contributed by atoms with van der Waals surface area (Å²) >= 11 is 6.21. The highest BCUT2D eigenvalue weighted by Gasteiger charge is 2.30. The van der Waals surface area contributed by atoms with Crippen LogP contribution < -0.4 is 29.6 Å². The lowest BCUT2D eigenvalue weighted by Gasteiger charge is -2.14. The Hall–Kier alpha value is -5.96. The molecule has 60 heavy (non-hydrogen) atoms. The van der Waals surface area contributed by atoms with Crippen LogP contribution in [-0.4, -0.2) is 99.7 Å². The van der Waals surface area contributed by atoms with Gasteiger partial charge in [0.2, 0.25) is 5.91 Å². The van der Waals surface area contributed by atoms with Crippen LogP contribution >= 0.6 is 11.6 Å². The smallest absolute Gasteiger partial charge is 0.258 e. The Bertz CT molecular complexity index is 2250. The summed E-state index contributed by atoms with van der Waals surface area (Å²) in [4.78, 5) is 30.7. The van der Waals surface area contributed by atoms with E-state index in [4.69, 9.17) is 45.0 Å². The first-order chi connectivity index (χ1) is 29.3. The number of benzene rings is 4. The van der Waals surface area contributed by atoms with Gasteiger partial charge in [-0.1, -0.05) is 41.9 Å². The van der Waals surface area contributed by atoms with Gasteiger partial charge in [-0.2, -0.15) is 0 Å². The molecule has 0 fully saturated rings. The number of carbonyl (C=O) groups excluding carboxylic acids is 2. The van der Waals surface area contributed by atoms with Crippen molar-refractivity contribution in [3.8, 4) is 28.7 Å². The summed E-state index contributed by atoms with van der Waals surface area (Å²) < 4.78 is 35.2. The first-order valence-electron chi connectivity index (χ1n) is 19.7. The Morgan fingerprint density at radius 2 is 1.53 bits per heavy atom. The molecule has 0 spiro atoms. The maximum atomic E-state index is 13.2. The van der Waals surface area contributed by atoms with Gasteiger partial charge in [0, 0.05) is 29.2 Å². The monoisotopic (exact) mass is 837 g/mol. The van der Waals surface area contributed by atoms with Gasteiger partial charge in [-0.3, -0.25) is 19.1 Å². The molecule has 1 aliphatic heterocycles. The van der Waals surface area contributed by atoms with E-state index in [9.17, 15) is 9.59 Å². The molecule has 6 rings (SSSR count). The van der Waals surface area contributed by atoms with Crippen LogP contribution in [0.5, 0.6) is 23.0 Å². The molecular formula is C45H50ClN6O8. The quantitative estimate of drug-likeness (QED) is 0.0786. The van der Waals surface area contributed by atoms with E-state index in [0.29, 0.717) is 84.9 Å². The fourth-order valence-corrected chi connectivity index (χ4v) is 6.77. The molecule has 0 saturated heterocycles. The molecule has 0 saturated carbocycles. The van der Waals surface area contributed by atoms with E-state index in [1.807, 2.05) is 96.4 Å². The molecule has 0 aliphatic carbocycles. The molecule has 315 valence electrons. The Balaban J connectivity index is 0.862. The van der Waals surface area contributed by atoms with E-state index in [1.54, 1.807) is 21.3 Å². The van der Waals surface area contributed by atoms with Gasteiger partial charge in [0.05, 0.1) is 65.6 Å². The first-order valence-corrected chi connectivity index (χ1v) is 20.0. The molecule has 1 radical (unpaired) electrons. The summed E-state index contributed by atoms with van der Waals surface area (Å²) in [7, 11) is 4.86. The molecule has 0 unspecified atom stereocenters. The Kier molecular flexibility index (Phi) is 15.9. The highest BCUT2D eigenvalue weighted by molar-refractivity contribution is 6.30. The number of hydrogen-bond acceptors (Lipinski definition) is 11. The van der Waals surface area contributed by atoms with E-state index < -0.39 is 6.04 Å². The van der Waals surface area contributed by atoms with Crippen LogP contribution in [0.1, 0.15) is 52.8 Å². The van der Waals surface area contributed by atoms with Gasteiger partial charge < -0.3 is 39.1 Å². The van der Waals surface area contributed by atoms with Crippen molar-refractivity contribution >= 4 is 29.1 Å². The molecular weight excluding hydrogens is 788 g/mol. The predicted octanol–water partition coefficient (Wildman–Crippen LogP) is 6.07. The summed E-state index contributed by atoms with van der Waals surface area (Å²) in [6, 6.07) is 26.1. The van der Waals surface area contributed by atoms with Crippen molar-refractivity contribution in [1.29, 1.82) is 0 Å². The maximum Gasteiger partial charge on any atom is 0.258 e. The highest BCUT2D eigenvalue weighted by atomic mass is 35.5. The minimum absolute atomic E-state index is 0.0495. The van der Waals surface area contributed by atoms with Gasteiger partial charge >= 0.3 is 0 Å². The number of fused-ring (bicyclic) bond motifs is 3. The van der Waals surface area contributed by atoms with Crippen molar-refractivity contribution in [2.75, 3.05) is 67.5 Å². The number of methoxy groups -OCH3 is 3.